The molecule has 0 saturated heterocycles. The molecule has 0 aliphatic rings. The quantitative estimate of drug-likeness (QED) is 0.744. The fraction of sp³-hybridized carbons (Fsp3) is 0.429. The van der Waals surface area contributed by atoms with Crippen molar-refractivity contribution in [1.29, 1.82) is 0 Å². The molecule has 1 N–H and O–H groups in total. The standard InChI is InChI=1S/C14H20ClFN2O2S/c1-4-7-18(6-3)21(19,20)12-8-11(10-17-5-2)14(15)13(16)9-12/h4,8-9,17H,1,5-7,10H2,2-3H3. The molecule has 0 amide bonds. The van der Waals surface area contributed by atoms with E-state index in [2.05, 4.69) is 11.9 Å². The maximum absolute atomic E-state index is 13.9. The van der Waals surface area contributed by atoms with Crippen molar-refractivity contribution in [3.8, 4) is 0 Å². The van der Waals surface area contributed by atoms with Crippen LogP contribution >= 0.6 is 11.6 Å². The number of nitrogens with zero attached hydrogens (tertiary/aromatic N) is 1. The van der Waals surface area contributed by atoms with Gasteiger partial charge >= 0.3 is 0 Å². The maximum atomic E-state index is 13.9. The molecule has 0 saturated carbocycles. The fourth-order valence-electron chi connectivity index (χ4n) is 1.85. The number of hydrogen-bond acceptors (Lipinski definition) is 3. The van der Waals surface area contributed by atoms with Gasteiger partial charge in [0.05, 0.1) is 9.92 Å². The van der Waals surface area contributed by atoms with E-state index in [0.717, 1.165) is 6.07 Å². The zero-order valence-corrected chi connectivity index (χ0v) is 13.8. The molecule has 0 unspecified atom stereocenters. The molecule has 0 aliphatic carbocycles. The number of sulfonamides is 1. The molecular weight excluding hydrogens is 315 g/mol. The Hall–Kier alpha value is -0.950. The smallest absolute Gasteiger partial charge is 0.243 e. The lowest BCUT2D eigenvalue weighted by Gasteiger charge is -2.19. The molecule has 0 bridgehead atoms. The Morgan fingerprint density at radius 3 is 2.62 bits per heavy atom. The van der Waals surface area contributed by atoms with E-state index in [1.165, 1.54) is 16.4 Å². The zero-order valence-electron chi connectivity index (χ0n) is 12.2. The van der Waals surface area contributed by atoms with Crippen LogP contribution < -0.4 is 5.32 Å². The summed E-state index contributed by atoms with van der Waals surface area (Å²) in [4.78, 5) is -0.0963. The average Bonchev–Trinajstić information content (AvgIpc) is 2.45. The largest absolute Gasteiger partial charge is 0.313 e. The van der Waals surface area contributed by atoms with E-state index in [-0.39, 0.29) is 23.0 Å². The highest BCUT2D eigenvalue weighted by Crippen LogP contribution is 2.26. The van der Waals surface area contributed by atoms with Gasteiger partial charge in [0.1, 0.15) is 5.82 Å². The molecule has 0 aromatic heterocycles. The Morgan fingerprint density at radius 2 is 2.10 bits per heavy atom. The number of nitrogens with one attached hydrogen (secondary N) is 1. The summed E-state index contributed by atoms with van der Waals surface area (Å²) in [6.07, 6.45) is 1.49. The van der Waals surface area contributed by atoms with Crippen molar-refractivity contribution < 1.29 is 12.8 Å². The first-order valence-corrected chi connectivity index (χ1v) is 8.49. The van der Waals surface area contributed by atoms with Crippen LogP contribution in [0, 0.1) is 5.82 Å². The van der Waals surface area contributed by atoms with Crippen molar-refractivity contribution in [2.45, 2.75) is 25.3 Å². The zero-order chi connectivity index (χ0) is 16.0. The Bertz CT molecular complexity index is 605. The highest BCUT2D eigenvalue weighted by atomic mass is 35.5. The highest BCUT2D eigenvalue weighted by molar-refractivity contribution is 7.89. The van der Waals surface area contributed by atoms with Crippen molar-refractivity contribution in [3.05, 3.63) is 41.2 Å². The molecule has 0 radical (unpaired) electrons. The molecule has 4 nitrogen and oxygen atoms in total. The summed E-state index contributed by atoms with van der Waals surface area (Å²) < 4.78 is 40.1. The first kappa shape index (κ1) is 18.1. The molecule has 0 fully saturated rings. The van der Waals surface area contributed by atoms with Crippen molar-refractivity contribution in [2.75, 3.05) is 19.6 Å². The van der Waals surface area contributed by atoms with Crippen LogP contribution in [-0.4, -0.2) is 32.4 Å². The average molecular weight is 335 g/mol. The molecular formula is C14H20ClFN2O2S. The summed E-state index contributed by atoms with van der Waals surface area (Å²) in [7, 11) is -3.76. The van der Waals surface area contributed by atoms with Crippen molar-refractivity contribution in [1.82, 2.24) is 9.62 Å². The topological polar surface area (TPSA) is 49.4 Å². The summed E-state index contributed by atoms with van der Waals surface area (Å²) in [5, 5.41) is 2.95. The summed E-state index contributed by atoms with van der Waals surface area (Å²) in [5.74, 6) is -0.736. The van der Waals surface area contributed by atoms with Gasteiger partial charge in [-0.1, -0.05) is 31.5 Å². The van der Waals surface area contributed by atoms with Gasteiger partial charge < -0.3 is 5.32 Å². The van der Waals surface area contributed by atoms with Crippen LogP contribution in [-0.2, 0) is 16.6 Å². The van der Waals surface area contributed by atoms with Crippen LogP contribution in [0.5, 0.6) is 0 Å². The molecule has 118 valence electrons. The van der Waals surface area contributed by atoms with Crippen LogP contribution in [0.25, 0.3) is 0 Å². The van der Waals surface area contributed by atoms with Gasteiger partial charge in [-0.25, -0.2) is 12.8 Å². The number of rotatable bonds is 8. The third-order valence-electron chi connectivity index (χ3n) is 2.97. The second-order valence-corrected chi connectivity index (χ2v) is 6.72. The van der Waals surface area contributed by atoms with E-state index in [0.29, 0.717) is 18.7 Å². The van der Waals surface area contributed by atoms with Crippen LogP contribution in [0.4, 0.5) is 4.39 Å². The lowest BCUT2D eigenvalue weighted by molar-refractivity contribution is 0.459. The van der Waals surface area contributed by atoms with Crippen LogP contribution in [0.15, 0.2) is 29.7 Å². The normalized spacial score (nSPS) is 11.9. The van der Waals surface area contributed by atoms with E-state index >= 15 is 0 Å². The molecule has 0 aliphatic heterocycles. The Morgan fingerprint density at radius 1 is 1.43 bits per heavy atom. The Balaban J connectivity index is 3.29. The Labute approximate surface area is 130 Å². The number of benzene rings is 1. The van der Waals surface area contributed by atoms with Gasteiger partial charge in [-0.2, -0.15) is 4.31 Å². The third kappa shape index (κ3) is 4.26. The van der Waals surface area contributed by atoms with Gasteiger partial charge in [0.15, 0.2) is 0 Å². The lowest BCUT2D eigenvalue weighted by Crippen LogP contribution is -2.31. The van der Waals surface area contributed by atoms with Crippen molar-refractivity contribution in [2.24, 2.45) is 0 Å². The second-order valence-electron chi connectivity index (χ2n) is 4.40. The van der Waals surface area contributed by atoms with Crippen LogP contribution in [0.2, 0.25) is 5.02 Å². The van der Waals surface area contributed by atoms with Gasteiger partial charge in [0.2, 0.25) is 10.0 Å². The summed E-state index contributed by atoms with van der Waals surface area (Å²) >= 11 is 5.89. The second kappa shape index (κ2) is 7.89. The third-order valence-corrected chi connectivity index (χ3v) is 5.31. The number of halogens is 2. The minimum absolute atomic E-state index is 0.0540. The first-order chi connectivity index (χ1) is 9.88. The van der Waals surface area contributed by atoms with Crippen molar-refractivity contribution in [3.63, 3.8) is 0 Å². The van der Waals surface area contributed by atoms with Gasteiger partial charge in [0.25, 0.3) is 0 Å². The van der Waals surface area contributed by atoms with Gasteiger partial charge in [0, 0.05) is 19.6 Å². The molecule has 1 rings (SSSR count). The maximum Gasteiger partial charge on any atom is 0.243 e. The highest BCUT2D eigenvalue weighted by Gasteiger charge is 2.24. The van der Waals surface area contributed by atoms with E-state index < -0.39 is 15.8 Å². The Kier molecular flexibility index (Phi) is 6.80. The van der Waals surface area contributed by atoms with E-state index in [1.807, 2.05) is 6.92 Å². The molecule has 1 aromatic rings. The van der Waals surface area contributed by atoms with E-state index in [9.17, 15) is 12.8 Å². The van der Waals surface area contributed by atoms with E-state index in [4.69, 9.17) is 11.6 Å². The molecule has 21 heavy (non-hydrogen) atoms. The number of likely N-dealkylation sites (N-methyl/N-ethyl adjacent to an activating group) is 1. The summed E-state index contributed by atoms with van der Waals surface area (Å²) in [6.45, 7) is 8.58. The van der Waals surface area contributed by atoms with Crippen LogP contribution in [0.3, 0.4) is 0 Å². The summed E-state index contributed by atoms with van der Waals surface area (Å²) in [6, 6.07) is 2.37. The molecule has 0 heterocycles. The number of hydrogen-bond donors (Lipinski definition) is 1. The molecule has 1 aromatic carbocycles. The van der Waals surface area contributed by atoms with Gasteiger partial charge in [-0.05, 0) is 24.2 Å². The minimum Gasteiger partial charge on any atom is -0.313 e. The van der Waals surface area contributed by atoms with Gasteiger partial charge in [-0.15, -0.1) is 6.58 Å². The van der Waals surface area contributed by atoms with Crippen molar-refractivity contribution >= 4 is 21.6 Å². The first-order valence-electron chi connectivity index (χ1n) is 6.68. The van der Waals surface area contributed by atoms with Crippen LogP contribution in [0.1, 0.15) is 19.4 Å². The predicted molar refractivity (Wildman–Crippen MR) is 83.4 cm³/mol. The SMILES string of the molecule is C=CCN(CC)S(=O)(=O)c1cc(F)c(Cl)c(CNCC)c1. The predicted octanol–water partition coefficient (Wildman–Crippen LogP) is 2.79. The van der Waals surface area contributed by atoms with E-state index in [1.54, 1.807) is 6.92 Å². The molecule has 0 atom stereocenters. The molecule has 0 spiro atoms. The van der Waals surface area contributed by atoms with Gasteiger partial charge in [-0.3, -0.25) is 0 Å². The monoisotopic (exact) mass is 334 g/mol. The molecule has 7 heteroatoms. The fourth-order valence-corrected chi connectivity index (χ4v) is 3.51. The minimum atomic E-state index is -3.76. The lowest BCUT2D eigenvalue weighted by atomic mass is 10.2. The summed E-state index contributed by atoms with van der Waals surface area (Å²) in [5.41, 5.74) is 0.423.